The fourth-order valence-corrected chi connectivity index (χ4v) is 3.37. The van der Waals surface area contributed by atoms with Crippen molar-refractivity contribution < 1.29 is 13.2 Å². The highest BCUT2D eigenvalue weighted by atomic mass is 35.5. The molecule has 1 aliphatic heterocycles. The van der Waals surface area contributed by atoms with Crippen LogP contribution in [0.25, 0.3) is 0 Å². The number of piperazine rings is 1. The van der Waals surface area contributed by atoms with Gasteiger partial charge in [0.1, 0.15) is 5.82 Å². The molecule has 1 atom stereocenters. The molecule has 0 spiro atoms. The minimum atomic E-state index is -4.43. The summed E-state index contributed by atoms with van der Waals surface area (Å²) in [6.07, 6.45) is -3.58. The maximum atomic E-state index is 12.7. The van der Waals surface area contributed by atoms with E-state index in [1.165, 1.54) is 5.56 Å². The molecule has 3 rings (SSSR count). The molecule has 25 heavy (non-hydrogen) atoms. The van der Waals surface area contributed by atoms with E-state index >= 15 is 0 Å². The van der Waals surface area contributed by atoms with E-state index in [4.69, 9.17) is 11.6 Å². The van der Waals surface area contributed by atoms with E-state index in [9.17, 15) is 13.2 Å². The van der Waals surface area contributed by atoms with Gasteiger partial charge in [0.05, 0.1) is 10.6 Å². The zero-order valence-corrected chi connectivity index (χ0v) is 14.6. The van der Waals surface area contributed by atoms with Gasteiger partial charge in [0.2, 0.25) is 0 Å². The highest BCUT2D eigenvalue weighted by molar-refractivity contribution is 6.33. The minimum Gasteiger partial charge on any atom is -0.353 e. The third-order valence-corrected chi connectivity index (χ3v) is 4.87. The lowest BCUT2D eigenvalue weighted by molar-refractivity contribution is -0.137. The Morgan fingerprint density at radius 2 is 1.72 bits per heavy atom. The van der Waals surface area contributed by atoms with E-state index in [-0.39, 0.29) is 5.02 Å². The molecule has 1 aromatic carbocycles. The summed E-state index contributed by atoms with van der Waals surface area (Å²) in [6, 6.07) is 11.5. The van der Waals surface area contributed by atoms with Crippen LogP contribution in [0.1, 0.15) is 24.1 Å². The molecule has 0 amide bonds. The molecule has 134 valence electrons. The van der Waals surface area contributed by atoms with Crippen LogP contribution in [0, 0.1) is 0 Å². The van der Waals surface area contributed by atoms with Gasteiger partial charge in [-0.2, -0.15) is 13.2 Å². The van der Waals surface area contributed by atoms with Crippen LogP contribution < -0.4 is 4.90 Å². The quantitative estimate of drug-likeness (QED) is 0.786. The molecule has 1 fully saturated rings. The maximum absolute atomic E-state index is 12.7. The van der Waals surface area contributed by atoms with Gasteiger partial charge < -0.3 is 4.90 Å². The molecule has 0 bridgehead atoms. The number of hydrogen-bond donors (Lipinski definition) is 0. The first-order valence-electron chi connectivity index (χ1n) is 8.13. The van der Waals surface area contributed by atoms with Crippen LogP contribution >= 0.6 is 11.6 Å². The van der Waals surface area contributed by atoms with E-state index in [0.29, 0.717) is 24.9 Å². The first-order valence-corrected chi connectivity index (χ1v) is 8.51. The highest BCUT2D eigenvalue weighted by Gasteiger charge is 2.32. The van der Waals surface area contributed by atoms with Gasteiger partial charge in [-0.25, -0.2) is 4.98 Å². The average Bonchev–Trinajstić information content (AvgIpc) is 2.61. The Morgan fingerprint density at radius 3 is 2.28 bits per heavy atom. The molecule has 3 nitrogen and oxygen atoms in total. The molecule has 1 aromatic heterocycles. The molecule has 0 saturated carbocycles. The molecule has 1 aliphatic rings. The highest BCUT2D eigenvalue weighted by Crippen LogP contribution is 2.34. The summed E-state index contributed by atoms with van der Waals surface area (Å²) in [4.78, 5) is 8.24. The summed E-state index contributed by atoms with van der Waals surface area (Å²) in [5, 5.41) is 0.0411. The molecule has 0 N–H and O–H groups in total. The lowest BCUT2D eigenvalue weighted by Gasteiger charge is -2.39. The number of aromatic nitrogens is 1. The van der Waals surface area contributed by atoms with Crippen molar-refractivity contribution in [3.05, 3.63) is 58.7 Å². The zero-order chi connectivity index (χ0) is 18.0. The van der Waals surface area contributed by atoms with E-state index in [1.807, 2.05) is 23.1 Å². The largest absolute Gasteiger partial charge is 0.417 e. The lowest BCUT2D eigenvalue weighted by atomic mass is 10.1. The van der Waals surface area contributed by atoms with E-state index in [2.05, 4.69) is 28.9 Å². The Labute approximate surface area is 150 Å². The zero-order valence-electron chi connectivity index (χ0n) is 13.8. The van der Waals surface area contributed by atoms with Crippen LogP contribution in [-0.2, 0) is 6.18 Å². The third-order valence-electron chi connectivity index (χ3n) is 4.59. The van der Waals surface area contributed by atoms with Crippen molar-refractivity contribution >= 4 is 17.4 Å². The Bertz CT molecular complexity index is 713. The molecule has 1 unspecified atom stereocenters. The number of pyridine rings is 1. The summed E-state index contributed by atoms with van der Waals surface area (Å²) < 4.78 is 38.2. The fraction of sp³-hybridized carbons (Fsp3) is 0.389. The minimum absolute atomic E-state index is 0.0411. The van der Waals surface area contributed by atoms with Gasteiger partial charge >= 0.3 is 6.18 Å². The predicted octanol–water partition coefficient (Wildman–Crippen LogP) is 4.64. The van der Waals surface area contributed by atoms with Crippen LogP contribution in [0.4, 0.5) is 19.0 Å². The van der Waals surface area contributed by atoms with Crippen molar-refractivity contribution in [2.45, 2.75) is 19.1 Å². The maximum Gasteiger partial charge on any atom is 0.417 e. The molecule has 0 aliphatic carbocycles. The number of hydrogen-bond acceptors (Lipinski definition) is 3. The van der Waals surface area contributed by atoms with Gasteiger partial charge in [-0.3, -0.25) is 4.90 Å². The van der Waals surface area contributed by atoms with Crippen molar-refractivity contribution in [1.82, 2.24) is 9.88 Å². The number of anilines is 1. The summed E-state index contributed by atoms with van der Waals surface area (Å²) in [5.74, 6) is 0.418. The van der Waals surface area contributed by atoms with E-state index in [1.54, 1.807) is 0 Å². The van der Waals surface area contributed by atoms with Gasteiger partial charge in [0, 0.05) is 38.4 Å². The van der Waals surface area contributed by atoms with Crippen LogP contribution in [0.5, 0.6) is 0 Å². The van der Waals surface area contributed by atoms with E-state index < -0.39 is 11.7 Å². The summed E-state index contributed by atoms with van der Waals surface area (Å²) in [6.45, 7) is 5.11. The lowest BCUT2D eigenvalue weighted by Crippen LogP contribution is -2.47. The molecule has 2 heterocycles. The predicted molar refractivity (Wildman–Crippen MR) is 92.9 cm³/mol. The summed E-state index contributed by atoms with van der Waals surface area (Å²) in [5.41, 5.74) is 0.430. The average molecular weight is 370 g/mol. The molecular formula is C18H19ClF3N3. The van der Waals surface area contributed by atoms with Gasteiger partial charge in [-0.05, 0) is 18.6 Å². The van der Waals surface area contributed by atoms with E-state index in [0.717, 1.165) is 25.4 Å². The Kier molecular flexibility index (Phi) is 5.20. The van der Waals surface area contributed by atoms with Crippen molar-refractivity contribution in [2.24, 2.45) is 0 Å². The molecule has 0 radical (unpaired) electrons. The van der Waals surface area contributed by atoms with Crippen LogP contribution in [0.3, 0.4) is 0 Å². The second kappa shape index (κ2) is 7.22. The number of halogens is 4. The van der Waals surface area contributed by atoms with Crippen molar-refractivity contribution in [3.8, 4) is 0 Å². The molecule has 2 aromatic rings. The van der Waals surface area contributed by atoms with Crippen molar-refractivity contribution in [2.75, 3.05) is 31.1 Å². The number of nitrogens with zero attached hydrogens (tertiary/aromatic N) is 3. The number of rotatable bonds is 3. The summed E-state index contributed by atoms with van der Waals surface area (Å²) >= 11 is 6.05. The standard InChI is InChI=1S/C18H19ClF3N3/c1-13(14-5-3-2-4-6-14)24-7-9-25(10-8-24)17-16(19)11-15(12-23-17)18(20,21)22/h2-6,11-13H,7-10H2,1H3. The van der Waals surface area contributed by atoms with Gasteiger partial charge in [0.15, 0.2) is 0 Å². The van der Waals surface area contributed by atoms with Gasteiger partial charge in [-0.15, -0.1) is 0 Å². The number of alkyl halides is 3. The van der Waals surface area contributed by atoms with Crippen molar-refractivity contribution in [1.29, 1.82) is 0 Å². The summed E-state index contributed by atoms with van der Waals surface area (Å²) in [7, 11) is 0. The SMILES string of the molecule is CC(c1ccccc1)N1CCN(c2ncc(C(F)(F)F)cc2Cl)CC1. The van der Waals surface area contributed by atoms with Crippen LogP contribution in [-0.4, -0.2) is 36.1 Å². The second-order valence-corrected chi connectivity index (χ2v) is 6.54. The van der Waals surface area contributed by atoms with Gasteiger partial charge in [0.25, 0.3) is 0 Å². The topological polar surface area (TPSA) is 19.4 Å². The first-order chi connectivity index (χ1) is 11.9. The third kappa shape index (κ3) is 4.07. The number of benzene rings is 1. The molecular weight excluding hydrogens is 351 g/mol. The molecule has 7 heteroatoms. The van der Waals surface area contributed by atoms with Crippen molar-refractivity contribution in [3.63, 3.8) is 0 Å². The second-order valence-electron chi connectivity index (χ2n) is 6.14. The smallest absolute Gasteiger partial charge is 0.353 e. The van der Waals surface area contributed by atoms with Crippen LogP contribution in [0.2, 0.25) is 5.02 Å². The normalized spacial score (nSPS) is 17.6. The van der Waals surface area contributed by atoms with Gasteiger partial charge in [-0.1, -0.05) is 41.9 Å². The fourth-order valence-electron chi connectivity index (χ4n) is 3.08. The first kappa shape index (κ1) is 18.0. The monoisotopic (exact) mass is 369 g/mol. The molecule has 1 saturated heterocycles. The van der Waals surface area contributed by atoms with Crippen LogP contribution in [0.15, 0.2) is 42.6 Å². The Hall–Kier alpha value is -1.79. The Balaban J connectivity index is 1.66. The Morgan fingerprint density at radius 1 is 1.08 bits per heavy atom.